The first-order valence-corrected chi connectivity index (χ1v) is 2.93. The zero-order chi connectivity index (χ0) is 7.49. The summed E-state index contributed by atoms with van der Waals surface area (Å²) in [5.74, 6) is -4.42. The van der Waals surface area contributed by atoms with Crippen LogP contribution in [0, 0.1) is 0 Å². The van der Waals surface area contributed by atoms with Crippen LogP contribution in [0.25, 0.3) is 0 Å². The quantitative estimate of drug-likeness (QED) is 0.568. The van der Waals surface area contributed by atoms with Gasteiger partial charge in [-0.3, -0.25) is 0 Å². The molecule has 0 aliphatic carbocycles. The first-order chi connectivity index (χ1) is 3.92. The van der Waals surface area contributed by atoms with Crippen LogP contribution in [0.5, 0.6) is 0 Å². The Morgan fingerprint density at radius 3 is 1.78 bits per heavy atom. The molecule has 0 atom stereocenters. The minimum atomic E-state index is -4.49. The lowest BCUT2D eigenvalue weighted by atomic mass is 10.8. The summed E-state index contributed by atoms with van der Waals surface area (Å²) in [5.41, 5.74) is 0. The Bertz CT molecular complexity index is 76.8. The molecule has 0 amide bonds. The lowest BCUT2D eigenvalue weighted by Gasteiger charge is -2.03. The van der Waals surface area contributed by atoms with E-state index in [1.54, 1.807) is 0 Å². The summed E-state index contributed by atoms with van der Waals surface area (Å²) in [6.07, 6.45) is -4.49. The van der Waals surface area contributed by atoms with Crippen molar-refractivity contribution in [2.24, 2.45) is 0 Å². The topological polar surface area (TPSA) is 0 Å². The number of thioether (sulfide) groups is 1. The molecule has 9 heavy (non-hydrogen) atoms. The summed E-state index contributed by atoms with van der Waals surface area (Å²) in [6, 6.07) is 0. The maximum Gasteiger partial charge on any atom is 0.398 e. The normalized spacial score (nSPS) is 12.7. The van der Waals surface area contributed by atoms with Crippen molar-refractivity contribution in [3.8, 4) is 0 Å². The van der Waals surface area contributed by atoms with Crippen molar-refractivity contribution in [3.63, 3.8) is 0 Å². The number of rotatable bonds is 2. The van der Waals surface area contributed by atoms with Crippen LogP contribution in [0.2, 0.25) is 0 Å². The molecule has 0 saturated carbocycles. The van der Waals surface area contributed by atoms with Gasteiger partial charge in [0.1, 0.15) is 0 Å². The molecular formula is C3H3F5S. The van der Waals surface area contributed by atoms with E-state index in [0.29, 0.717) is 0 Å². The third kappa shape index (κ3) is 8.00. The van der Waals surface area contributed by atoms with E-state index in [1.165, 1.54) is 0 Å². The van der Waals surface area contributed by atoms with Gasteiger partial charge in [0.15, 0.2) is 0 Å². The molecule has 0 aromatic rings. The fraction of sp³-hybridized carbons (Fsp3) is 1.00. The molecule has 0 rings (SSSR count). The first-order valence-electron chi connectivity index (χ1n) is 1.88. The van der Waals surface area contributed by atoms with E-state index in [4.69, 9.17) is 0 Å². The second kappa shape index (κ2) is 3.24. The lowest BCUT2D eigenvalue weighted by Crippen LogP contribution is -2.11. The molecule has 0 radical (unpaired) electrons. The second-order valence-electron chi connectivity index (χ2n) is 1.19. The van der Waals surface area contributed by atoms with Crippen LogP contribution in [0.1, 0.15) is 0 Å². The predicted octanol–water partition coefficient (Wildman–Crippen LogP) is 2.50. The maximum absolute atomic E-state index is 11.1. The van der Waals surface area contributed by atoms with Crippen molar-refractivity contribution in [1.29, 1.82) is 0 Å². The third-order valence-electron chi connectivity index (χ3n) is 0.373. The smallest absolute Gasteiger partial charge is 0.198 e. The van der Waals surface area contributed by atoms with E-state index in [0.717, 1.165) is 0 Å². The van der Waals surface area contributed by atoms with E-state index in [9.17, 15) is 22.0 Å². The Hall–Kier alpha value is -0.0000000000000000555. The summed E-state index contributed by atoms with van der Waals surface area (Å²) in [7, 11) is 0. The van der Waals surface area contributed by atoms with Gasteiger partial charge in [-0.1, -0.05) is 11.8 Å². The van der Waals surface area contributed by atoms with Gasteiger partial charge in [-0.25, -0.2) is 0 Å². The summed E-state index contributed by atoms with van der Waals surface area (Å²) in [5, 5.41) is 0. The Labute approximate surface area is 52.4 Å². The predicted molar refractivity (Wildman–Crippen MR) is 24.5 cm³/mol. The molecule has 0 nitrogen and oxygen atoms in total. The maximum atomic E-state index is 11.1. The van der Waals surface area contributed by atoms with Crippen LogP contribution in [0.15, 0.2) is 0 Å². The second-order valence-corrected chi connectivity index (χ2v) is 2.17. The number of hydrogen-bond acceptors (Lipinski definition) is 1. The van der Waals surface area contributed by atoms with Crippen LogP contribution in [-0.4, -0.2) is 17.7 Å². The van der Waals surface area contributed by atoms with Crippen molar-refractivity contribution < 1.29 is 22.0 Å². The van der Waals surface area contributed by atoms with Crippen LogP contribution in [0.3, 0.4) is 0 Å². The van der Waals surface area contributed by atoms with Gasteiger partial charge in [-0.2, -0.15) is 22.0 Å². The Balaban J connectivity index is 3.28. The van der Waals surface area contributed by atoms with Crippen molar-refractivity contribution in [3.05, 3.63) is 0 Å². The third-order valence-corrected chi connectivity index (χ3v) is 1.12. The number of halogens is 5. The molecule has 0 spiro atoms. The highest BCUT2D eigenvalue weighted by molar-refractivity contribution is 7.99. The Kier molecular flexibility index (Phi) is 3.24. The van der Waals surface area contributed by atoms with Crippen molar-refractivity contribution in [1.82, 2.24) is 0 Å². The van der Waals surface area contributed by atoms with Gasteiger partial charge in [-0.05, 0) is 0 Å². The highest BCUT2D eigenvalue weighted by Crippen LogP contribution is 2.24. The van der Waals surface area contributed by atoms with Crippen LogP contribution in [0.4, 0.5) is 22.0 Å². The standard InChI is InChI=1S/C3H3F5S/c4-2(5)9-1-3(6,7)8/h2H,1H2. The average molecular weight is 166 g/mol. The number of hydrogen-bond donors (Lipinski definition) is 0. The molecule has 0 saturated heterocycles. The van der Waals surface area contributed by atoms with Crippen molar-refractivity contribution in [2.75, 3.05) is 5.75 Å². The molecule has 0 N–H and O–H groups in total. The molecule has 0 aliphatic rings. The summed E-state index contributed by atoms with van der Waals surface area (Å²) in [4.78, 5) is 0. The summed E-state index contributed by atoms with van der Waals surface area (Å²) < 4.78 is 55.2. The molecule has 0 heterocycles. The zero-order valence-electron chi connectivity index (χ0n) is 4.08. The lowest BCUT2D eigenvalue weighted by molar-refractivity contribution is -0.105. The van der Waals surface area contributed by atoms with Gasteiger partial charge < -0.3 is 0 Å². The zero-order valence-corrected chi connectivity index (χ0v) is 4.90. The van der Waals surface area contributed by atoms with Crippen LogP contribution in [-0.2, 0) is 0 Å². The fourth-order valence-corrected chi connectivity index (χ4v) is 0.472. The Morgan fingerprint density at radius 2 is 1.67 bits per heavy atom. The number of alkyl halides is 5. The van der Waals surface area contributed by atoms with E-state index in [-0.39, 0.29) is 0 Å². The molecule has 0 fully saturated rings. The minimum Gasteiger partial charge on any atom is -0.198 e. The van der Waals surface area contributed by atoms with Crippen molar-refractivity contribution in [2.45, 2.75) is 11.9 Å². The molecular weight excluding hydrogens is 163 g/mol. The van der Waals surface area contributed by atoms with Gasteiger partial charge in [0.05, 0.1) is 5.75 Å². The van der Waals surface area contributed by atoms with Crippen molar-refractivity contribution >= 4 is 11.8 Å². The fourth-order valence-electron chi connectivity index (χ4n) is 0.157. The first kappa shape index (κ1) is 9.00. The Morgan fingerprint density at radius 1 is 1.22 bits per heavy atom. The molecule has 0 aliphatic heterocycles. The van der Waals surface area contributed by atoms with Gasteiger partial charge in [-0.15, -0.1) is 0 Å². The highest BCUT2D eigenvalue weighted by Gasteiger charge is 2.28. The van der Waals surface area contributed by atoms with Gasteiger partial charge in [0.2, 0.25) is 0 Å². The molecule has 0 unspecified atom stereocenters. The summed E-state index contributed by atoms with van der Waals surface area (Å²) in [6.45, 7) is 0. The van der Waals surface area contributed by atoms with E-state index < -0.39 is 29.4 Å². The average Bonchev–Trinajstić information content (AvgIpc) is 1.59. The van der Waals surface area contributed by atoms with Crippen LogP contribution < -0.4 is 0 Å². The molecule has 0 aromatic carbocycles. The molecule has 0 bridgehead atoms. The van der Waals surface area contributed by atoms with Gasteiger partial charge in [0.25, 0.3) is 5.76 Å². The van der Waals surface area contributed by atoms with Gasteiger partial charge >= 0.3 is 6.18 Å². The highest BCUT2D eigenvalue weighted by atomic mass is 32.2. The SMILES string of the molecule is FC(F)SCC(F)(F)F. The monoisotopic (exact) mass is 166 g/mol. The van der Waals surface area contributed by atoms with Crippen LogP contribution >= 0.6 is 11.8 Å². The summed E-state index contributed by atoms with van der Waals surface area (Å²) >= 11 is -0.420. The molecule has 56 valence electrons. The minimum absolute atomic E-state index is 0.420. The molecule has 6 heteroatoms. The van der Waals surface area contributed by atoms with Gasteiger partial charge in [0, 0.05) is 0 Å². The molecule has 0 aromatic heterocycles. The van der Waals surface area contributed by atoms with E-state index in [1.807, 2.05) is 0 Å². The largest absolute Gasteiger partial charge is 0.398 e. The van der Waals surface area contributed by atoms with E-state index in [2.05, 4.69) is 0 Å². The van der Waals surface area contributed by atoms with E-state index >= 15 is 0 Å².